The summed E-state index contributed by atoms with van der Waals surface area (Å²) in [5.74, 6) is -1.06. The van der Waals surface area contributed by atoms with Crippen LogP contribution in [0.2, 0.25) is 0 Å². The number of carbonyl (C=O) groups excluding carboxylic acids is 2. The molecule has 0 fully saturated rings. The van der Waals surface area contributed by atoms with Crippen LogP contribution >= 0.6 is 0 Å². The van der Waals surface area contributed by atoms with Crippen LogP contribution in [0.4, 0.5) is 0 Å². The highest BCUT2D eigenvalue weighted by Crippen LogP contribution is 2.45. The molecule has 1 unspecified atom stereocenters. The quantitative estimate of drug-likeness (QED) is 0.627. The molecule has 1 aliphatic carbocycles. The summed E-state index contributed by atoms with van der Waals surface area (Å²) in [5, 5.41) is 0. The normalized spacial score (nSPS) is 20.1. The molecule has 1 aliphatic rings. The SMILES string of the molecule is COC(=O)C1(C(=O)OC)C=C(c2ccccc2)C(C)C1. The van der Waals surface area contributed by atoms with Gasteiger partial charge in [0.05, 0.1) is 14.2 Å². The highest BCUT2D eigenvalue weighted by Gasteiger charge is 2.51. The third-order valence-corrected chi connectivity index (χ3v) is 3.77. The van der Waals surface area contributed by atoms with Crippen molar-refractivity contribution in [3.63, 3.8) is 0 Å². The molecule has 0 amide bonds. The van der Waals surface area contributed by atoms with E-state index in [4.69, 9.17) is 9.47 Å². The highest BCUT2D eigenvalue weighted by atomic mass is 16.5. The van der Waals surface area contributed by atoms with Gasteiger partial charge in [0, 0.05) is 0 Å². The smallest absolute Gasteiger partial charge is 0.327 e. The third kappa shape index (κ3) is 2.22. The van der Waals surface area contributed by atoms with E-state index in [-0.39, 0.29) is 5.92 Å². The Balaban J connectivity index is 2.49. The predicted molar refractivity (Wildman–Crippen MR) is 74.7 cm³/mol. The maximum Gasteiger partial charge on any atom is 0.327 e. The molecule has 0 spiro atoms. The lowest BCUT2D eigenvalue weighted by Gasteiger charge is -2.21. The minimum Gasteiger partial charge on any atom is -0.468 e. The second-order valence-electron chi connectivity index (χ2n) is 5.03. The summed E-state index contributed by atoms with van der Waals surface area (Å²) < 4.78 is 9.62. The van der Waals surface area contributed by atoms with E-state index in [0.717, 1.165) is 11.1 Å². The number of ether oxygens (including phenoxy) is 2. The molecule has 0 aromatic heterocycles. The van der Waals surface area contributed by atoms with Gasteiger partial charge in [0.25, 0.3) is 0 Å². The van der Waals surface area contributed by atoms with Crippen LogP contribution in [0.25, 0.3) is 5.57 Å². The molecule has 0 radical (unpaired) electrons. The summed E-state index contributed by atoms with van der Waals surface area (Å²) in [7, 11) is 2.57. The molecular formula is C16H18O4. The molecule has 0 heterocycles. The van der Waals surface area contributed by atoms with Gasteiger partial charge in [0.2, 0.25) is 0 Å². The summed E-state index contributed by atoms with van der Waals surface area (Å²) in [4.78, 5) is 24.2. The molecule has 106 valence electrons. The van der Waals surface area contributed by atoms with Gasteiger partial charge in [0.1, 0.15) is 0 Å². The van der Waals surface area contributed by atoms with Gasteiger partial charge in [-0.05, 0) is 23.5 Å². The predicted octanol–water partition coefficient (Wildman–Crippen LogP) is 2.44. The van der Waals surface area contributed by atoms with Crippen molar-refractivity contribution in [1.82, 2.24) is 0 Å². The number of esters is 2. The van der Waals surface area contributed by atoms with Crippen molar-refractivity contribution in [2.45, 2.75) is 13.3 Å². The second-order valence-corrected chi connectivity index (χ2v) is 5.03. The van der Waals surface area contributed by atoms with Crippen LogP contribution in [0.3, 0.4) is 0 Å². The van der Waals surface area contributed by atoms with E-state index in [9.17, 15) is 9.59 Å². The first-order chi connectivity index (χ1) is 9.55. The zero-order valence-corrected chi connectivity index (χ0v) is 11.9. The van der Waals surface area contributed by atoms with Gasteiger partial charge < -0.3 is 9.47 Å². The standard InChI is InChI=1S/C16H18O4/c1-11-9-16(14(17)19-2,15(18)20-3)10-13(11)12-7-5-4-6-8-12/h4-8,10-11H,9H2,1-3H3. The fourth-order valence-electron chi connectivity index (χ4n) is 2.79. The molecule has 0 saturated carbocycles. The molecule has 2 rings (SSSR count). The van der Waals surface area contributed by atoms with Gasteiger partial charge in [-0.3, -0.25) is 9.59 Å². The van der Waals surface area contributed by atoms with Crippen molar-refractivity contribution in [2.75, 3.05) is 14.2 Å². The van der Waals surface area contributed by atoms with Crippen molar-refractivity contribution in [1.29, 1.82) is 0 Å². The number of rotatable bonds is 3. The van der Waals surface area contributed by atoms with E-state index in [0.29, 0.717) is 6.42 Å². The van der Waals surface area contributed by atoms with E-state index >= 15 is 0 Å². The maximum atomic E-state index is 12.1. The molecule has 1 aromatic carbocycles. The zero-order chi connectivity index (χ0) is 14.8. The molecule has 1 aromatic rings. The molecule has 0 aliphatic heterocycles. The zero-order valence-electron chi connectivity index (χ0n) is 11.9. The van der Waals surface area contributed by atoms with E-state index in [1.54, 1.807) is 6.08 Å². The van der Waals surface area contributed by atoms with Crippen LogP contribution < -0.4 is 0 Å². The van der Waals surface area contributed by atoms with Gasteiger partial charge in [-0.15, -0.1) is 0 Å². The van der Waals surface area contributed by atoms with Crippen LogP contribution in [0.15, 0.2) is 36.4 Å². The summed E-state index contributed by atoms with van der Waals surface area (Å²) in [6, 6.07) is 9.72. The lowest BCUT2D eigenvalue weighted by atomic mass is 9.85. The Morgan fingerprint density at radius 2 is 1.65 bits per heavy atom. The second kappa shape index (κ2) is 5.49. The lowest BCUT2D eigenvalue weighted by molar-refractivity contribution is -0.165. The molecule has 4 nitrogen and oxygen atoms in total. The van der Waals surface area contributed by atoms with Gasteiger partial charge in [-0.2, -0.15) is 0 Å². The summed E-state index contributed by atoms with van der Waals surface area (Å²) >= 11 is 0. The average molecular weight is 274 g/mol. The van der Waals surface area contributed by atoms with E-state index in [1.165, 1.54) is 14.2 Å². The Morgan fingerprint density at radius 1 is 1.10 bits per heavy atom. The number of methoxy groups -OCH3 is 2. The van der Waals surface area contributed by atoms with Gasteiger partial charge in [-0.25, -0.2) is 0 Å². The van der Waals surface area contributed by atoms with Crippen LogP contribution in [-0.2, 0) is 19.1 Å². The maximum absolute atomic E-state index is 12.1. The van der Waals surface area contributed by atoms with Gasteiger partial charge >= 0.3 is 11.9 Å². The van der Waals surface area contributed by atoms with Crippen molar-refractivity contribution < 1.29 is 19.1 Å². The first kappa shape index (κ1) is 14.3. The molecule has 4 heteroatoms. The van der Waals surface area contributed by atoms with Crippen LogP contribution in [0.5, 0.6) is 0 Å². The molecule has 1 atom stereocenters. The van der Waals surface area contributed by atoms with E-state index in [1.807, 2.05) is 37.3 Å². The highest BCUT2D eigenvalue weighted by molar-refractivity contribution is 6.05. The van der Waals surface area contributed by atoms with E-state index in [2.05, 4.69) is 0 Å². The van der Waals surface area contributed by atoms with Crippen molar-refractivity contribution in [3.8, 4) is 0 Å². The molecule has 20 heavy (non-hydrogen) atoms. The Labute approximate surface area is 118 Å². The number of hydrogen-bond donors (Lipinski definition) is 0. The average Bonchev–Trinajstić information content (AvgIpc) is 2.85. The Kier molecular flexibility index (Phi) is 3.93. The molecule has 0 saturated heterocycles. The Hall–Kier alpha value is -2.10. The van der Waals surface area contributed by atoms with Crippen LogP contribution in [0.1, 0.15) is 18.9 Å². The summed E-state index contributed by atoms with van der Waals surface area (Å²) in [6.07, 6.45) is 2.07. The molecule has 0 N–H and O–H groups in total. The Bertz CT molecular complexity index is 529. The van der Waals surface area contributed by atoms with Crippen molar-refractivity contribution in [3.05, 3.63) is 42.0 Å². The first-order valence-electron chi connectivity index (χ1n) is 6.50. The largest absolute Gasteiger partial charge is 0.468 e. The minimum absolute atomic E-state index is 0.0793. The monoisotopic (exact) mass is 274 g/mol. The first-order valence-corrected chi connectivity index (χ1v) is 6.50. The minimum atomic E-state index is -1.33. The summed E-state index contributed by atoms with van der Waals surface area (Å²) in [5.41, 5.74) is 0.657. The number of benzene rings is 1. The van der Waals surface area contributed by atoms with Crippen molar-refractivity contribution >= 4 is 17.5 Å². The molecule has 0 bridgehead atoms. The van der Waals surface area contributed by atoms with E-state index < -0.39 is 17.4 Å². The summed E-state index contributed by atoms with van der Waals surface area (Å²) in [6.45, 7) is 1.99. The van der Waals surface area contributed by atoms with Gasteiger partial charge in [-0.1, -0.05) is 43.3 Å². The number of carbonyl (C=O) groups is 2. The third-order valence-electron chi connectivity index (χ3n) is 3.77. The fraction of sp³-hybridized carbons (Fsp3) is 0.375. The fourth-order valence-corrected chi connectivity index (χ4v) is 2.79. The van der Waals surface area contributed by atoms with Crippen LogP contribution in [-0.4, -0.2) is 26.2 Å². The Morgan fingerprint density at radius 3 is 2.15 bits per heavy atom. The lowest BCUT2D eigenvalue weighted by Crippen LogP contribution is -2.38. The van der Waals surface area contributed by atoms with Crippen LogP contribution in [0, 0.1) is 11.3 Å². The van der Waals surface area contributed by atoms with Crippen molar-refractivity contribution in [2.24, 2.45) is 11.3 Å². The number of allylic oxidation sites excluding steroid dienone is 1. The topological polar surface area (TPSA) is 52.6 Å². The number of hydrogen-bond acceptors (Lipinski definition) is 4. The van der Waals surface area contributed by atoms with Gasteiger partial charge in [0.15, 0.2) is 5.41 Å². The molecular weight excluding hydrogens is 256 g/mol.